The normalized spacial score (nSPS) is 12.5. The van der Waals surface area contributed by atoms with Gasteiger partial charge in [-0.3, -0.25) is 4.79 Å². The number of carbonyl (C=O) groups excluding carboxylic acids is 1. The number of halogens is 4. The fraction of sp³-hybridized carbons (Fsp3) is 0.200. The number of para-hydroxylation sites is 2. The van der Waals surface area contributed by atoms with Crippen LogP contribution in [0.15, 0.2) is 36.5 Å². The number of nitrogens with zero attached hydrogens (tertiary/aromatic N) is 1. The first-order valence-electron chi connectivity index (χ1n) is 6.64. The molecule has 1 amide bonds. The summed E-state index contributed by atoms with van der Waals surface area (Å²) in [5, 5.41) is -0.317. The van der Waals surface area contributed by atoms with Crippen molar-refractivity contribution in [3.05, 3.63) is 47.1 Å². The van der Waals surface area contributed by atoms with Crippen LogP contribution in [0.4, 0.5) is 13.2 Å². The second kappa shape index (κ2) is 6.96. The van der Waals surface area contributed by atoms with Crippen LogP contribution in [0.5, 0.6) is 17.4 Å². The lowest BCUT2D eigenvalue weighted by Gasteiger charge is -2.15. The number of primary amides is 1. The third kappa shape index (κ3) is 4.29. The first-order valence-corrected chi connectivity index (χ1v) is 7.02. The van der Waals surface area contributed by atoms with E-state index in [0.29, 0.717) is 12.3 Å². The van der Waals surface area contributed by atoms with Gasteiger partial charge in [0.1, 0.15) is 5.02 Å². The fourth-order valence-corrected chi connectivity index (χ4v) is 1.84. The number of ether oxygens (including phenoxy) is 2. The van der Waals surface area contributed by atoms with Crippen molar-refractivity contribution < 1.29 is 27.4 Å². The van der Waals surface area contributed by atoms with Crippen LogP contribution >= 0.6 is 11.6 Å². The summed E-state index contributed by atoms with van der Waals surface area (Å²) in [6, 6.07) is 6.93. The summed E-state index contributed by atoms with van der Waals surface area (Å²) in [4.78, 5) is 14.6. The zero-order chi connectivity index (χ0) is 17.9. The van der Waals surface area contributed by atoms with Crippen molar-refractivity contribution in [2.45, 2.75) is 19.2 Å². The van der Waals surface area contributed by atoms with Gasteiger partial charge in [-0.2, -0.15) is 13.2 Å². The molecule has 5 nitrogen and oxygen atoms in total. The van der Waals surface area contributed by atoms with Crippen LogP contribution in [0.2, 0.25) is 5.02 Å². The molecule has 1 aromatic heterocycles. The molecule has 1 heterocycles. The van der Waals surface area contributed by atoms with Gasteiger partial charge >= 0.3 is 6.18 Å². The zero-order valence-electron chi connectivity index (χ0n) is 12.3. The fourth-order valence-electron chi connectivity index (χ4n) is 1.64. The standard InChI is InChI=1S/C15H12ClF3N2O3/c1-8(13(20)22)23-11-4-2-3-5-12(11)24-14-10(16)6-9(7-21-14)15(17,18)19/h2-8H,1H3,(H2,20,22). The molecule has 1 aromatic carbocycles. The Hall–Kier alpha value is -2.48. The molecule has 0 aliphatic heterocycles. The van der Waals surface area contributed by atoms with E-state index in [0.717, 1.165) is 0 Å². The maximum absolute atomic E-state index is 12.6. The highest BCUT2D eigenvalue weighted by molar-refractivity contribution is 6.31. The molecular formula is C15H12ClF3N2O3. The first kappa shape index (κ1) is 17.9. The van der Waals surface area contributed by atoms with E-state index in [-0.39, 0.29) is 22.4 Å². The number of hydrogen-bond donors (Lipinski definition) is 1. The minimum absolute atomic E-state index is 0.125. The van der Waals surface area contributed by atoms with Crippen molar-refractivity contribution >= 4 is 17.5 Å². The third-order valence-electron chi connectivity index (χ3n) is 2.89. The lowest BCUT2D eigenvalue weighted by Crippen LogP contribution is -2.30. The highest BCUT2D eigenvalue weighted by atomic mass is 35.5. The van der Waals surface area contributed by atoms with Gasteiger partial charge in [0.2, 0.25) is 5.88 Å². The Labute approximate surface area is 140 Å². The van der Waals surface area contributed by atoms with Crippen LogP contribution < -0.4 is 15.2 Å². The summed E-state index contributed by atoms with van der Waals surface area (Å²) in [6.45, 7) is 1.45. The number of aromatic nitrogens is 1. The molecular weight excluding hydrogens is 349 g/mol. The molecule has 0 saturated heterocycles. The number of nitrogens with two attached hydrogens (primary N) is 1. The van der Waals surface area contributed by atoms with Crippen LogP contribution in [0.3, 0.4) is 0 Å². The second-order valence-corrected chi connectivity index (χ2v) is 5.13. The molecule has 0 fully saturated rings. The van der Waals surface area contributed by atoms with Crippen molar-refractivity contribution in [3.8, 4) is 17.4 Å². The van der Waals surface area contributed by atoms with Gasteiger partial charge < -0.3 is 15.2 Å². The lowest BCUT2D eigenvalue weighted by molar-refractivity contribution is -0.137. The predicted molar refractivity (Wildman–Crippen MR) is 80.0 cm³/mol. The summed E-state index contributed by atoms with van der Waals surface area (Å²) < 4.78 is 48.6. The number of amides is 1. The highest BCUT2D eigenvalue weighted by Crippen LogP contribution is 2.37. The Morgan fingerprint density at radius 3 is 2.46 bits per heavy atom. The van der Waals surface area contributed by atoms with E-state index in [1.807, 2.05) is 0 Å². The van der Waals surface area contributed by atoms with E-state index in [1.54, 1.807) is 12.1 Å². The molecule has 0 aliphatic carbocycles. The van der Waals surface area contributed by atoms with Gasteiger partial charge in [0.05, 0.1) is 5.56 Å². The Balaban J connectivity index is 2.27. The quantitative estimate of drug-likeness (QED) is 0.880. The summed E-state index contributed by atoms with van der Waals surface area (Å²) in [5.74, 6) is -0.621. The van der Waals surface area contributed by atoms with Crippen LogP contribution in [-0.2, 0) is 11.0 Å². The summed E-state index contributed by atoms with van der Waals surface area (Å²) in [7, 11) is 0. The van der Waals surface area contributed by atoms with Crippen molar-refractivity contribution in [1.82, 2.24) is 4.98 Å². The van der Waals surface area contributed by atoms with E-state index in [1.165, 1.54) is 19.1 Å². The summed E-state index contributed by atoms with van der Waals surface area (Å²) in [5.41, 5.74) is 4.13. The topological polar surface area (TPSA) is 74.4 Å². The molecule has 0 aliphatic rings. The molecule has 0 radical (unpaired) electrons. The molecule has 0 spiro atoms. The molecule has 2 aromatic rings. The largest absolute Gasteiger partial charge is 0.477 e. The Kier molecular flexibility index (Phi) is 5.18. The Morgan fingerprint density at radius 1 is 1.29 bits per heavy atom. The molecule has 24 heavy (non-hydrogen) atoms. The predicted octanol–water partition coefficient (Wildman–Crippen LogP) is 3.80. The van der Waals surface area contributed by atoms with Gasteiger partial charge in [-0.25, -0.2) is 4.98 Å². The minimum atomic E-state index is -4.56. The van der Waals surface area contributed by atoms with E-state index >= 15 is 0 Å². The van der Waals surface area contributed by atoms with Crippen LogP contribution in [0.25, 0.3) is 0 Å². The van der Waals surface area contributed by atoms with Crippen LogP contribution in [-0.4, -0.2) is 17.0 Å². The monoisotopic (exact) mass is 360 g/mol. The van der Waals surface area contributed by atoms with Crippen molar-refractivity contribution in [2.75, 3.05) is 0 Å². The van der Waals surface area contributed by atoms with Gasteiger partial charge in [-0.05, 0) is 25.1 Å². The highest BCUT2D eigenvalue weighted by Gasteiger charge is 2.32. The number of pyridine rings is 1. The van der Waals surface area contributed by atoms with Crippen LogP contribution in [0.1, 0.15) is 12.5 Å². The summed E-state index contributed by atoms with van der Waals surface area (Å²) in [6.07, 6.45) is -4.88. The number of rotatable bonds is 5. The second-order valence-electron chi connectivity index (χ2n) is 4.72. The van der Waals surface area contributed by atoms with E-state index < -0.39 is 23.8 Å². The van der Waals surface area contributed by atoms with Gasteiger partial charge in [-0.1, -0.05) is 23.7 Å². The van der Waals surface area contributed by atoms with E-state index in [9.17, 15) is 18.0 Å². The lowest BCUT2D eigenvalue weighted by atomic mass is 10.3. The molecule has 2 N–H and O–H groups in total. The van der Waals surface area contributed by atoms with E-state index in [2.05, 4.69) is 4.98 Å². The first-order chi connectivity index (χ1) is 11.2. The smallest absolute Gasteiger partial charge is 0.417 e. The molecule has 1 unspecified atom stereocenters. The Morgan fingerprint density at radius 2 is 1.92 bits per heavy atom. The zero-order valence-corrected chi connectivity index (χ0v) is 13.1. The molecule has 9 heteroatoms. The third-order valence-corrected chi connectivity index (χ3v) is 3.17. The maximum atomic E-state index is 12.6. The number of benzene rings is 1. The summed E-state index contributed by atoms with van der Waals surface area (Å²) >= 11 is 5.79. The number of hydrogen-bond acceptors (Lipinski definition) is 4. The molecule has 0 bridgehead atoms. The number of carbonyl (C=O) groups is 1. The molecule has 0 saturated carbocycles. The molecule has 128 valence electrons. The van der Waals surface area contributed by atoms with E-state index in [4.69, 9.17) is 26.8 Å². The molecule has 1 atom stereocenters. The average molecular weight is 361 g/mol. The van der Waals surface area contributed by atoms with Crippen LogP contribution in [0, 0.1) is 0 Å². The van der Waals surface area contributed by atoms with Gasteiger partial charge in [0.15, 0.2) is 17.6 Å². The van der Waals surface area contributed by atoms with Gasteiger partial charge in [0.25, 0.3) is 5.91 Å². The van der Waals surface area contributed by atoms with Crippen molar-refractivity contribution in [2.24, 2.45) is 5.73 Å². The van der Waals surface area contributed by atoms with Gasteiger partial charge in [0, 0.05) is 6.20 Å². The van der Waals surface area contributed by atoms with Crippen molar-refractivity contribution in [1.29, 1.82) is 0 Å². The molecule has 2 rings (SSSR count). The Bertz CT molecular complexity index is 753. The van der Waals surface area contributed by atoms with Crippen molar-refractivity contribution in [3.63, 3.8) is 0 Å². The van der Waals surface area contributed by atoms with Gasteiger partial charge in [-0.15, -0.1) is 0 Å². The maximum Gasteiger partial charge on any atom is 0.417 e. The SMILES string of the molecule is CC(Oc1ccccc1Oc1ncc(C(F)(F)F)cc1Cl)C(N)=O. The minimum Gasteiger partial charge on any atom is -0.477 e. The number of alkyl halides is 3. The average Bonchev–Trinajstić information content (AvgIpc) is 2.49.